The summed E-state index contributed by atoms with van der Waals surface area (Å²) in [6.45, 7) is 0.141. The number of benzene rings is 1. The first-order valence-electron chi connectivity index (χ1n) is 6.01. The first-order chi connectivity index (χ1) is 9.84. The van der Waals surface area contributed by atoms with Gasteiger partial charge in [-0.15, -0.1) is 0 Å². The van der Waals surface area contributed by atoms with Crippen molar-refractivity contribution in [3.05, 3.63) is 39.2 Å². The normalized spacial score (nSPS) is 18.8. The molecule has 1 aromatic rings. The molecule has 0 radical (unpaired) electrons. The maximum absolute atomic E-state index is 13.1. The molecule has 1 amide bonds. The smallest absolute Gasteiger partial charge is 0.311 e. The number of nitrogens with zero attached hydrogens (tertiary/aromatic N) is 4. The topological polar surface area (TPSA) is 69.1 Å². The number of alkyl halides is 3. The van der Waals surface area contributed by atoms with Crippen LogP contribution in [0.2, 0.25) is 5.02 Å². The average Bonchev–Trinajstić information content (AvgIpc) is 2.75. The van der Waals surface area contributed by atoms with Gasteiger partial charge in [-0.3, -0.25) is 4.79 Å². The molecule has 0 spiro atoms. The number of carbonyl (C=O) groups excluding carboxylic acids is 1. The highest BCUT2D eigenvalue weighted by Crippen LogP contribution is 2.42. The van der Waals surface area contributed by atoms with Crippen molar-refractivity contribution < 1.29 is 18.0 Å². The van der Waals surface area contributed by atoms with Crippen LogP contribution in [0.5, 0.6) is 0 Å². The number of azide groups is 1. The lowest BCUT2D eigenvalue weighted by Gasteiger charge is -2.22. The van der Waals surface area contributed by atoms with E-state index in [1.807, 2.05) is 0 Å². The van der Waals surface area contributed by atoms with E-state index in [0.29, 0.717) is 0 Å². The second-order valence-electron chi connectivity index (χ2n) is 4.62. The van der Waals surface area contributed by atoms with E-state index >= 15 is 0 Å². The van der Waals surface area contributed by atoms with Crippen LogP contribution in [0.1, 0.15) is 12.0 Å². The van der Waals surface area contributed by atoms with E-state index in [9.17, 15) is 18.0 Å². The Labute approximate surface area is 122 Å². The van der Waals surface area contributed by atoms with Crippen LogP contribution in [0.25, 0.3) is 10.4 Å². The fourth-order valence-electron chi connectivity index (χ4n) is 2.31. The van der Waals surface area contributed by atoms with Crippen LogP contribution < -0.4 is 4.90 Å². The van der Waals surface area contributed by atoms with Crippen LogP contribution in [0.3, 0.4) is 0 Å². The van der Waals surface area contributed by atoms with E-state index in [1.54, 1.807) is 0 Å². The molecule has 0 bridgehead atoms. The van der Waals surface area contributed by atoms with E-state index in [4.69, 9.17) is 17.1 Å². The predicted molar refractivity (Wildman–Crippen MR) is 70.9 cm³/mol. The molecule has 112 valence electrons. The van der Waals surface area contributed by atoms with Gasteiger partial charge in [-0.05, 0) is 23.6 Å². The van der Waals surface area contributed by atoms with Gasteiger partial charge in [0.25, 0.3) is 0 Å². The van der Waals surface area contributed by atoms with Crippen molar-refractivity contribution in [1.82, 2.24) is 0 Å². The van der Waals surface area contributed by atoms with Crippen molar-refractivity contribution in [1.29, 1.82) is 0 Å². The van der Waals surface area contributed by atoms with Crippen molar-refractivity contribution in [2.45, 2.75) is 12.6 Å². The molecule has 5 nitrogen and oxygen atoms in total. The molecule has 1 fully saturated rings. The summed E-state index contributed by atoms with van der Waals surface area (Å²) < 4.78 is 39.3. The van der Waals surface area contributed by atoms with Gasteiger partial charge < -0.3 is 4.90 Å². The molecule has 1 aromatic carbocycles. The standard InChI is InChI=1S/C12H10ClF3N4O/c13-8-2-1-3-9(11(8)12(14,15)16)20-6-7(4-10(20)21)5-18-19-17/h1-3,7H,4-6H2. The van der Waals surface area contributed by atoms with E-state index in [-0.39, 0.29) is 31.1 Å². The molecule has 2 rings (SSSR count). The zero-order chi connectivity index (χ0) is 15.6. The molecule has 0 N–H and O–H groups in total. The van der Waals surface area contributed by atoms with Crippen molar-refractivity contribution in [3.63, 3.8) is 0 Å². The average molecular weight is 319 g/mol. The minimum absolute atomic E-state index is 0.0445. The maximum Gasteiger partial charge on any atom is 0.419 e. The van der Waals surface area contributed by atoms with Gasteiger partial charge in [-0.1, -0.05) is 22.8 Å². The molecule has 0 aromatic heterocycles. The van der Waals surface area contributed by atoms with E-state index in [2.05, 4.69) is 10.0 Å². The summed E-state index contributed by atoms with van der Waals surface area (Å²) in [7, 11) is 0. The van der Waals surface area contributed by atoms with Crippen molar-refractivity contribution in [3.8, 4) is 0 Å². The number of hydrogen-bond donors (Lipinski definition) is 0. The summed E-state index contributed by atoms with van der Waals surface area (Å²) in [6, 6.07) is 3.70. The fraction of sp³-hybridized carbons (Fsp3) is 0.417. The molecule has 1 heterocycles. The molecule has 1 atom stereocenters. The molecule has 1 unspecified atom stereocenters. The second kappa shape index (κ2) is 5.83. The monoisotopic (exact) mass is 318 g/mol. The number of carbonyl (C=O) groups is 1. The Morgan fingerprint density at radius 1 is 1.48 bits per heavy atom. The Balaban J connectivity index is 2.37. The van der Waals surface area contributed by atoms with Crippen LogP contribution in [-0.4, -0.2) is 19.0 Å². The highest BCUT2D eigenvalue weighted by atomic mass is 35.5. The third-order valence-electron chi connectivity index (χ3n) is 3.17. The van der Waals surface area contributed by atoms with Crippen LogP contribution in [-0.2, 0) is 11.0 Å². The number of amides is 1. The predicted octanol–water partition coefficient (Wildman–Crippen LogP) is 4.02. The van der Waals surface area contributed by atoms with Crippen LogP contribution in [0.4, 0.5) is 18.9 Å². The van der Waals surface area contributed by atoms with Crippen molar-refractivity contribution >= 4 is 23.2 Å². The number of halogens is 4. The molecule has 21 heavy (non-hydrogen) atoms. The Kier molecular flexibility index (Phi) is 4.29. The van der Waals surface area contributed by atoms with Gasteiger partial charge in [0.2, 0.25) is 5.91 Å². The van der Waals surface area contributed by atoms with Gasteiger partial charge in [0.05, 0.1) is 16.3 Å². The lowest BCUT2D eigenvalue weighted by atomic mass is 10.1. The summed E-state index contributed by atoms with van der Waals surface area (Å²) in [5, 5.41) is 2.91. The summed E-state index contributed by atoms with van der Waals surface area (Å²) in [6.07, 6.45) is -4.61. The maximum atomic E-state index is 13.1. The molecule has 0 saturated carbocycles. The summed E-state index contributed by atoms with van der Waals surface area (Å²) in [4.78, 5) is 15.6. The van der Waals surface area contributed by atoms with Crippen LogP contribution in [0.15, 0.2) is 23.3 Å². The quantitative estimate of drug-likeness (QED) is 0.471. The SMILES string of the molecule is [N-]=[N+]=NCC1CC(=O)N(c2cccc(Cl)c2C(F)(F)F)C1. The molecule has 9 heteroatoms. The van der Waals surface area contributed by atoms with Gasteiger partial charge in [-0.2, -0.15) is 13.2 Å². The zero-order valence-corrected chi connectivity index (χ0v) is 11.4. The Hall–Kier alpha value is -1.92. The van der Waals surface area contributed by atoms with Gasteiger partial charge in [0, 0.05) is 24.4 Å². The fourth-order valence-corrected chi connectivity index (χ4v) is 2.58. The Morgan fingerprint density at radius 3 is 2.81 bits per heavy atom. The van der Waals surface area contributed by atoms with Crippen LogP contribution in [0, 0.1) is 5.92 Å². The first-order valence-corrected chi connectivity index (χ1v) is 6.39. The minimum atomic E-state index is -4.66. The molecular weight excluding hydrogens is 309 g/mol. The third kappa shape index (κ3) is 3.22. The summed E-state index contributed by atoms with van der Waals surface area (Å²) in [5.41, 5.74) is 6.97. The Morgan fingerprint density at radius 2 is 2.19 bits per heavy atom. The largest absolute Gasteiger partial charge is 0.419 e. The zero-order valence-electron chi connectivity index (χ0n) is 10.6. The van der Waals surface area contributed by atoms with Gasteiger partial charge >= 0.3 is 6.18 Å². The lowest BCUT2D eigenvalue weighted by molar-refractivity contribution is -0.137. The molecule has 1 aliphatic heterocycles. The third-order valence-corrected chi connectivity index (χ3v) is 3.49. The van der Waals surface area contributed by atoms with E-state index in [1.165, 1.54) is 12.1 Å². The summed E-state index contributed by atoms with van der Waals surface area (Å²) in [5.74, 6) is -0.741. The van der Waals surface area contributed by atoms with E-state index < -0.39 is 22.7 Å². The number of hydrogen-bond acceptors (Lipinski definition) is 2. The van der Waals surface area contributed by atoms with Gasteiger partial charge in [0.15, 0.2) is 0 Å². The molecule has 0 aliphatic carbocycles. The summed E-state index contributed by atoms with van der Waals surface area (Å²) >= 11 is 5.64. The van der Waals surface area contributed by atoms with Gasteiger partial charge in [-0.25, -0.2) is 0 Å². The first kappa shape index (κ1) is 15.5. The highest BCUT2D eigenvalue weighted by Gasteiger charge is 2.40. The van der Waals surface area contributed by atoms with Gasteiger partial charge in [0.1, 0.15) is 0 Å². The van der Waals surface area contributed by atoms with E-state index in [0.717, 1.165) is 11.0 Å². The lowest BCUT2D eigenvalue weighted by Crippen LogP contribution is -2.27. The highest BCUT2D eigenvalue weighted by molar-refractivity contribution is 6.32. The Bertz CT molecular complexity index is 613. The number of anilines is 1. The molecule has 1 saturated heterocycles. The molecular formula is C12H10ClF3N4O. The number of rotatable bonds is 3. The van der Waals surface area contributed by atoms with Crippen molar-refractivity contribution in [2.24, 2.45) is 11.0 Å². The molecule has 1 aliphatic rings. The van der Waals surface area contributed by atoms with Crippen LogP contribution >= 0.6 is 11.6 Å². The van der Waals surface area contributed by atoms with Crippen molar-refractivity contribution in [2.75, 3.05) is 18.0 Å². The second-order valence-corrected chi connectivity index (χ2v) is 5.03. The minimum Gasteiger partial charge on any atom is -0.311 e.